The smallest absolute Gasteiger partial charge is 0.160 e. The van der Waals surface area contributed by atoms with Gasteiger partial charge in [-0.3, -0.25) is 4.90 Å². The van der Waals surface area contributed by atoms with Crippen LogP contribution < -0.4 is 10.5 Å². The van der Waals surface area contributed by atoms with Crippen LogP contribution in [0.25, 0.3) is 0 Å². The zero-order valence-electron chi connectivity index (χ0n) is 10.2. The molecular weight excluding hydrogens is 216 g/mol. The largest absolute Gasteiger partial charge is 0.504 e. The van der Waals surface area contributed by atoms with Gasteiger partial charge in [-0.25, -0.2) is 0 Å². The number of nitrogens with zero attached hydrogens (tertiary/aromatic N) is 1. The van der Waals surface area contributed by atoms with Gasteiger partial charge in [0.25, 0.3) is 0 Å². The van der Waals surface area contributed by atoms with Crippen molar-refractivity contribution in [3.8, 4) is 11.5 Å². The van der Waals surface area contributed by atoms with E-state index in [2.05, 4.69) is 4.90 Å². The van der Waals surface area contributed by atoms with Crippen LogP contribution in [-0.4, -0.2) is 36.2 Å². The molecule has 1 aromatic rings. The summed E-state index contributed by atoms with van der Waals surface area (Å²) in [6.45, 7) is 2.69. The van der Waals surface area contributed by atoms with E-state index in [1.807, 2.05) is 12.1 Å². The molecule has 0 aliphatic carbocycles. The maximum atomic E-state index is 9.54. The average molecular weight is 236 g/mol. The minimum Gasteiger partial charge on any atom is -0.504 e. The van der Waals surface area contributed by atoms with Crippen molar-refractivity contribution in [2.45, 2.75) is 25.4 Å². The van der Waals surface area contributed by atoms with Gasteiger partial charge < -0.3 is 15.6 Å². The SMILES string of the molecule is COc1cc(CN2CCCC2CN)ccc1O. The Bertz CT molecular complexity index is 382. The van der Waals surface area contributed by atoms with Gasteiger partial charge in [0.05, 0.1) is 7.11 Å². The third-order valence-electron chi connectivity index (χ3n) is 3.40. The monoisotopic (exact) mass is 236 g/mol. The highest BCUT2D eigenvalue weighted by Gasteiger charge is 2.23. The van der Waals surface area contributed by atoms with Crippen molar-refractivity contribution in [1.82, 2.24) is 4.90 Å². The van der Waals surface area contributed by atoms with Crippen molar-refractivity contribution in [1.29, 1.82) is 0 Å². The number of benzene rings is 1. The molecule has 2 rings (SSSR count). The molecule has 0 amide bonds. The van der Waals surface area contributed by atoms with Crippen LogP contribution in [0.15, 0.2) is 18.2 Å². The van der Waals surface area contributed by atoms with Gasteiger partial charge in [-0.05, 0) is 37.1 Å². The second-order valence-corrected chi connectivity index (χ2v) is 4.51. The quantitative estimate of drug-likeness (QED) is 0.828. The van der Waals surface area contributed by atoms with Crippen molar-refractivity contribution < 1.29 is 9.84 Å². The molecular formula is C13H20N2O2. The molecule has 0 radical (unpaired) electrons. The third-order valence-corrected chi connectivity index (χ3v) is 3.40. The number of likely N-dealkylation sites (tertiary alicyclic amines) is 1. The summed E-state index contributed by atoms with van der Waals surface area (Å²) < 4.78 is 5.11. The Kier molecular flexibility index (Phi) is 3.86. The summed E-state index contributed by atoms with van der Waals surface area (Å²) in [6.07, 6.45) is 2.41. The van der Waals surface area contributed by atoms with Crippen LogP contribution in [-0.2, 0) is 6.54 Å². The Morgan fingerprint density at radius 2 is 2.35 bits per heavy atom. The molecule has 17 heavy (non-hydrogen) atoms. The predicted molar refractivity (Wildman–Crippen MR) is 67.1 cm³/mol. The number of aromatic hydroxyl groups is 1. The number of phenolic OH excluding ortho intramolecular Hbond substituents is 1. The fourth-order valence-corrected chi connectivity index (χ4v) is 2.43. The van der Waals surface area contributed by atoms with Gasteiger partial charge in [0.15, 0.2) is 11.5 Å². The van der Waals surface area contributed by atoms with Gasteiger partial charge in [0.1, 0.15) is 0 Å². The lowest BCUT2D eigenvalue weighted by Crippen LogP contribution is -2.34. The van der Waals surface area contributed by atoms with E-state index in [-0.39, 0.29) is 5.75 Å². The normalized spacial score (nSPS) is 20.7. The van der Waals surface area contributed by atoms with Gasteiger partial charge in [-0.1, -0.05) is 6.07 Å². The van der Waals surface area contributed by atoms with E-state index in [1.54, 1.807) is 13.2 Å². The first-order valence-electron chi connectivity index (χ1n) is 6.04. The van der Waals surface area contributed by atoms with Crippen LogP contribution in [0.4, 0.5) is 0 Å². The summed E-state index contributed by atoms with van der Waals surface area (Å²) in [5.41, 5.74) is 6.90. The summed E-state index contributed by atoms with van der Waals surface area (Å²) in [6, 6.07) is 6.00. The number of ether oxygens (including phenoxy) is 1. The number of nitrogens with two attached hydrogens (primary N) is 1. The second-order valence-electron chi connectivity index (χ2n) is 4.51. The van der Waals surface area contributed by atoms with E-state index < -0.39 is 0 Å². The number of methoxy groups -OCH3 is 1. The number of phenols is 1. The van der Waals surface area contributed by atoms with E-state index in [4.69, 9.17) is 10.5 Å². The zero-order valence-corrected chi connectivity index (χ0v) is 10.2. The first kappa shape index (κ1) is 12.2. The van der Waals surface area contributed by atoms with Gasteiger partial charge in [-0.2, -0.15) is 0 Å². The van der Waals surface area contributed by atoms with Gasteiger partial charge in [0, 0.05) is 19.1 Å². The maximum Gasteiger partial charge on any atom is 0.160 e. The lowest BCUT2D eigenvalue weighted by atomic mass is 10.1. The highest BCUT2D eigenvalue weighted by Crippen LogP contribution is 2.28. The van der Waals surface area contributed by atoms with Crippen LogP contribution >= 0.6 is 0 Å². The lowest BCUT2D eigenvalue weighted by molar-refractivity contribution is 0.249. The van der Waals surface area contributed by atoms with Crippen LogP contribution in [0.5, 0.6) is 11.5 Å². The van der Waals surface area contributed by atoms with Gasteiger partial charge in [0.2, 0.25) is 0 Å². The van der Waals surface area contributed by atoms with E-state index >= 15 is 0 Å². The lowest BCUT2D eigenvalue weighted by Gasteiger charge is -2.23. The Labute approximate surface area is 102 Å². The Morgan fingerprint density at radius 1 is 1.53 bits per heavy atom. The number of hydrogen-bond acceptors (Lipinski definition) is 4. The van der Waals surface area contributed by atoms with Crippen LogP contribution in [0.3, 0.4) is 0 Å². The van der Waals surface area contributed by atoms with E-state index in [0.29, 0.717) is 11.8 Å². The van der Waals surface area contributed by atoms with Crippen LogP contribution in [0, 0.1) is 0 Å². The standard InChI is InChI=1S/C13H20N2O2/c1-17-13-7-10(4-5-12(13)16)9-15-6-2-3-11(15)8-14/h4-5,7,11,16H,2-3,6,8-9,14H2,1H3. The average Bonchev–Trinajstić information content (AvgIpc) is 2.79. The van der Waals surface area contributed by atoms with Crippen molar-refractivity contribution in [3.63, 3.8) is 0 Å². The maximum absolute atomic E-state index is 9.54. The highest BCUT2D eigenvalue weighted by molar-refractivity contribution is 5.41. The van der Waals surface area contributed by atoms with Crippen LogP contribution in [0.1, 0.15) is 18.4 Å². The second kappa shape index (κ2) is 5.38. The molecule has 1 fully saturated rings. The molecule has 0 saturated carbocycles. The summed E-state index contributed by atoms with van der Waals surface area (Å²) in [5, 5.41) is 9.54. The van der Waals surface area contributed by atoms with Crippen LogP contribution in [0.2, 0.25) is 0 Å². The number of rotatable bonds is 4. The molecule has 4 heteroatoms. The third kappa shape index (κ3) is 2.70. The molecule has 0 spiro atoms. The molecule has 94 valence electrons. The molecule has 1 aliphatic heterocycles. The topological polar surface area (TPSA) is 58.7 Å². The molecule has 3 N–H and O–H groups in total. The first-order chi connectivity index (χ1) is 8.24. The van der Waals surface area contributed by atoms with Crippen molar-refractivity contribution in [3.05, 3.63) is 23.8 Å². The molecule has 1 aliphatic rings. The van der Waals surface area contributed by atoms with Crippen molar-refractivity contribution in [2.24, 2.45) is 5.73 Å². The first-order valence-corrected chi connectivity index (χ1v) is 6.04. The molecule has 4 nitrogen and oxygen atoms in total. The van der Waals surface area contributed by atoms with Crippen molar-refractivity contribution in [2.75, 3.05) is 20.2 Å². The van der Waals surface area contributed by atoms with E-state index in [1.165, 1.54) is 12.8 Å². The predicted octanol–water partition coefficient (Wildman–Crippen LogP) is 1.32. The van der Waals surface area contributed by atoms with E-state index in [9.17, 15) is 5.11 Å². The number of hydrogen-bond donors (Lipinski definition) is 2. The Morgan fingerprint density at radius 3 is 3.06 bits per heavy atom. The minimum atomic E-state index is 0.188. The molecule has 1 aromatic carbocycles. The molecule has 1 unspecified atom stereocenters. The zero-order chi connectivity index (χ0) is 12.3. The molecule has 0 aromatic heterocycles. The molecule has 1 atom stereocenters. The summed E-state index contributed by atoms with van der Waals surface area (Å²) in [4.78, 5) is 2.39. The molecule has 0 bridgehead atoms. The fourth-order valence-electron chi connectivity index (χ4n) is 2.43. The molecule has 1 saturated heterocycles. The van der Waals surface area contributed by atoms with Gasteiger partial charge >= 0.3 is 0 Å². The summed E-state index contributed by atoms with van der Waals surface area (Å²) >= 11 is 0. The fraction of sp³-hybridized carbons (Fsp3) is 0.538. The summed E-state index contributed by atoms with van der Waals surface area (Å²) in [7, 11) is 1.57. The van der Waals surface area contributed by atoms with Crippen molar-refractivity contribution >= 4 is 0 Å². The minimum absolute atomic E-state index is 0.188. The van der Waals surface area contributed by atoms with E-state index in [0.717, 1.165) is 25.2 Å². The Balaban J connectivity index is 2.08. The Hall–Kier alpha value is -1.26. The highest BCUT2D eigenvalue weighted by atomic mass is 16.5. The molecule has 1 heterocycles. The van der Waals surface area contributed by atoms with Gasteiger partial charge in [-0.15, -0.1) is 0 Å². The summed E-state index contributed by atoms with van der Waals surface area (Å²) in [5.74, 6) is 0.721.